The van der Waals surface area contributed by atoms with E-state index in [0.29, 0.717) is 40.5 Å². The van der Waals surface area contributed by atoms with Gasteiger partial charge in [0.25, 0.3) is 0 Å². The number of halogens is 2. The van der Waals surface area contributed by atoms with Gasteiger partial charge in [0.15, 0.2) is 10.1 Å². The molecule has 10 heteroatoms. The Labute approximate surface area is 223 Å². The third-order valence-electron chi connectivity index (χ3n) is 5.85. The molecule has 1 N–H and O–H groups in total. The predicted molar refractivity (Wildman–Crippen MR) is 143 cm³/mol. The lowest BCUT2D eigenvalue weighted by Crippen LogP contribution is -2.48. The number of aromatic nitrogens is 1. The molecule has 1 aliphatic carbocycles. The molecule has 2 atom stereocenters. The van der Waals surface area contributed by atoms with Crippen molar-refractivity contribution in [2.45, 2.75) is 23.8 Å². The lowest BCUT2D eigenvalue weighted by atomic mass is 9.99. The van der Waals surface area contributed by atoms with E-state index in [1.54, 1.807) is 19.1 Å². The molecule has 1 aliphatic heterocycles. The second kappa shape index (κ2) is 12.5. The number of hydrogen-bond acceptors (Lipinski definition) is 7. The van der Waals surface area contributed by atoms with Gasteiger partial charge in [-0.1, -0.05) is 71.4 Å². The first-order chi connectivity index (χ1) is 16.9. The zero-order valence-electron chi connectivity index (χ0n) is 19.3. The van der Waals surface area contributed by atoms with Crippen LogP contribution in [0.15, 0.2) is 56.2 Å². The van der Waals surface area contributed by atoms with E-state index >= 15 is 0 Å². The van der Waals surface area contributed by atoms with Crippen LogP contribution in [0.5, 0.6) is 0 Å². The summed E-state index contributed by atoms with van der Waals surface area (Å²) in [7, 11) is 0. The topological polar surface area (TPSA) is 71.5 Å². The summed E-state index contributed by atoms with van der Waals surface area (Å²) < 4.78 is 6.69. The molecule has 35 heavy (non-hydrogen) atoms. The quantitative estimate of drug-likeness (QED) is 0.341. The van der Waals surface area contributed by atoms with Crippen molar-refractivity contribution in [1.29, 1.82) is 0 Å². The number of ketones is 1. The molecule has 1 aromatic carbocycles. The fourth-order valence-electron chi connectivity index (χ4n) is 3.97. The van der Waals surface area contributed by atoms with Crippen molar-refractivity contribution < 1.29 is 14.3 Å². The van der Waals surface area contributed by atoms with Gasteiger partial charge in [-0.05, 0) is 19.3 Å². The van der Waals surface area contributed by atoms with Gasteiger partial charge in [0, 0.05) is 42.7 Å². The Morgan fingerprint density at radius 3 is 2.80 bits per heavy atom. The summed E-state index contributed by atoms with van der Waals surface area (Å²) in [5, 5.41) is 6.20. The number of nitrogens with one attached hydrogen (secondary N) is 1. The first-order valence-corrected chi connectivity index (χ1v) is 14.0. The van der Waals surface area contributed by atoms with E-state index in [9.17, 15) is 9.59 Å². The van der Waals surface area contributed by atoms with Crippen molar-refractivity contribution in [1.82, 2.24) is 15.2 Å². The summed E-state index contributed by atoms with van der Waals surface area (Å²) in [6.07, 6.45) is 4.84. The molecule has 1 amide bonds. The van der Waals surface area contributed by atoms with Crippen LogP contribution < -0.4 is 5.32 Å². The Morgan fingerprint density at radius 2 is 2.06 bits per heavy atom. The number of Topliss-reactive ketones (excluding diaryl/α,β-unsaturated/α-hetero) is 1. The highest BCUT2D eigenvalue weighted by molar-refractivity contribution is 8.01. The minimum Gasteiger partial charge on any atom is -0.374 e. The molecule has 2 heterocycles. The van der Waals surface area contributed by atoms with Crippen LogP contribution in [0.3, 0.4) is 0 Å². The van der Waals surface area contributed by atoms with Gasteiger partial charge in [0.05, 0.1) is 34.2 Å². The van der Waals surface area contributed by atoms with E-state index in [1.807, 2.05) is 29.7 Å². The van der Waals surface area contributed by atoms with Gasteiger partial charge in [-0.2, -0.15) is 0 Å². The molecule has 1 unspecified atom stereocenters. The molecular formula is C25H27Cl2N3O3S2. The fourth-order valence-corrected chi connectivity index (χ4v) is 6.05. The Balaban J connectivity index is 1.19. The molecule has 6 nitrogen and oxygen atoms in total. The van der Waals surface area contributed by atoms with E-state index in [1.165, 1.54) is 23.1 Å². The number of hydrogen-bond donors (Lipinski definition) is 1. The van der Waals surface area contributed by atoms with Crippen LogP contribution >= 0.6 is 46.3 Å². The number of rotatable bonds is 9. The molecule has 0 saturated carbocycles. The van der Waals surface area contributed by atoms with Crippen molar-refractivity contribution in [3.63, 3.8) is 0 Å². The summed E-state index contributed by atoms with van der Waals surface area (Å²) in [6, 6.07) is 7.40. The fraction of sp³-hybridized carbons (Fsp3) is 0.400. The molecular weight excluding hydrogens is 525 g/mol. The molecule has 186 valence electrons. The van der Waals surface area contributed by atoms with Gasteiger partial charge in [-0.15, -0.1) is 11.3 Å². The van der Waals surface area contributed by atoms with Gasteiger partial charge in [0.1, 0.15) is 0 Å². The van der Waals surface area contributed by atoms with Gasteiger partial charge < -0.3 is 10.1 Å². The highest BCUT2D eigenvalue weighted by Gasteiger charge is 2.24. The lowest BCUT2D eigenvalue weighted by Gasteiger charge is -2.35. The van der Waals surface area contributed by atoms with Crippen molar-refractivity contribution in [3.8, 4) is 11.3 Å². The molecule has 2 aliphatic rings. The van der Waals surface area contributed by atoms with Crippen molar-refractivity contribution >= 4 is 58.0 Å². The van der Waals surface area contributed by atoms with E-state index in [-0.39, 0.29) is 17.8 Å². The smallest absolute Gasteiger partial charge is 0.230 e. The average Bonchev–Trinajstić information content (AvgIpc) is 3.33. The summed E-state index contributed by atoms with van der Waals surface area (Å²) in [6.45, 7) is 5.20. The number of ether oxygens (including phenoxy) is 1. The summed E-state index contributed by atoms with van der Waals surface area (Å²) >= 11 is 15.1. The van der Waals surface area contributed by atoms with Gasteiger partial charge in [-0.25, -0.2) is 4.98 Å². The first kappa shape index (κ1) is 26.4. The van der Waals surface area contributed by atoms with Crippen LogP contribution in [-0.4, -0.2) is 66.2 Å². The van der Waals surface area contributed by atoms with Crippen molar-refractivity contribution in [3.05, 3.63) is 57.4 Å². The largest absolute Gasteiger partial charge is 0.374 e. The SMILES string of the molecule is CC(=O)c1ccc(-c2csc(SCC(=O)NC[C@H]3CN(CC4C=C(Cl)C(Cl)=CC4)CCO3)n2)cc1. The molecule has 0 spiro atoms. The minimum absolute atomic E-state index is 0.0377. The maximum atomic E-state index is 12.4. The van der Waals surface area contributed by atoms with Crippen LogP contribution in [0.4, 0.5) is 0 Å². The van der Waals surface area contributed by atoms with E-state index in [2.05, 4.69) is 15.2 Å². The number of morpholine rings is 1. The van der Waals surface area contributed by atoms with E-state index < -0.39 is 0 Å². The zero-order chi connectivity index (χ0) is 24.8. The zero-order valence-corrected chi connectivity index (χ0v) is 22.5. The molecule has 0 radical (unpaired) electrons. The lowest BCUT2D eigenvalue weighted by molar-refractivity contribution is -0.119. The highest BCUT2D eigenvalue weighted by Crippen LogP contribution is 2.30. The van der Waals surface area contributed by atoms with E-state index in [4.69, 9.17) is 27.9 Å². The van der Waals surface area contributed by atoms with Crippen LogP contribution in [0, 0.1) is 5.92 Å². The van der Waals surface area contributed by atoms with Gasteiger partial charge in [-0.3, -0.25) is 14.5 Å². The number of thioether (sulfide) groups is 1. The normalized spacial score (nSPS) is 20.8. The van der Waals surface area contributed by atoms with Crippen molar-refractivity contribution in [2.24, 2.45) is 5.92 Å². The van der Waals surface area contributed by atoms with E-state index in [0.717, 1.165) is 41.7 Å². The monoisotopic (exact) mass is 551 g/mol. The van der Waals surface area contributed by atoms with Gasteiger partial charge >= 0.3 is 0 Å². The number of nitrogens with zero attached hydrogens (tertiary/aromatic N) is 2. The Hall–Kier alpha value is -1.68. The maximum Gasteiger partial charge on any atom is 0.230 e. The Morgan fingerprint density at radius 1 is 1.26 bits per heavy atom. The summed E-state index contributed by atoms with van der Waals surface area (Å²) in [5.74, 6) is 0.632. The number of thiazole rings is 1. The molecule has 2 aromatic rings. The summed E-state index contributed by atoms with van der Waals surface area (Å²) in [4.78, 5) is 30.8. The first-order valence-electron chi connectivity index (χ1n) is 11.4. The van der Waals surface area contributed by atoms with Crippen molar-refractivity contribution in [2.75, 3.05) is 38.5 Å². The second-order valence-corrected chi connectivity index (χ2v) is 11.4. The predicted octanol–water partition coefficient (Wildman–Crippen LogP) is 5.19. The second-order valence-electron chi connectivity index (χ2n) is 8.54. The number of carbonyl (C=O) groups is 2. The molecule has 0 bridgehead atoms. The Bertz CT molecular complexity index is 1120. The average molecular weight is 553 g/mol. The van der Waals surface area contributed by atoms with Crippen LogP contribution in [-0.2, 0) is 9.53 Å². The number of allylic oxidation sites excluding steroid dienone is 3. The maximum absolute atomic E-state index is 12.4. The number of carbonyl (C=O) groups excluding carboxylic acids is 2. The van der Waals surface area contributed by atoms with Crippen LogP contribution in [0.2, 0.25) is 0 Å². The number of benzene rings is 1. The third kappa shape index (κ3) is 7.65. The summed E-state index contributed by atoms with van der Waals surface area (Å²) in [5.41, 5.74) is 2.47. The molecule has 1 aromatic heterocycles. The Kier molecular flexibility index (Phi) is 9.44. The minimum atomic E-state index is -0.0416. The number of amides is 1. The highest BCUT2D eigenvalue weighted by atomic mass is 35.5. The molecule has 1 saturated heterocycles. The standard InChI is InChI=1S/C25H27Cl2N3O3S2/c1-16(31)18-3-5-19(6-4-18)23-14-34-25(29-23)35-15-24(32)28-11-20-13-30(8-9-33-20)12-17-2-7-21(26)22(27)10-17/h3-7,10,14,17,20H,2,8-9,11-13,15H2,1H3,(H,28,32)/t17?,20-/m0/s1. The van der Waals surface area contributed by atoms with Crippen LogP contribution in [0.25, 0.3) is 11.3 Å². The van der Waals surface area contributed by atoms with Gasteiger partial charge in [0.2, 0.25) is 5.91 Å². The molecule has 4 rings (SSSR count). The van der Waals surface area contributed by atoms with Crippen LogP contribution in [0.1, 0.15) is 23.7 Å². The molecule has 1 fully saturated rings. The third-order valence-corrected chi connectivity index (χ3v) is 8.65.